The molecule has 1 N–H and O–H groups in total. The lowest BCUT2D eigenvalue weighted by Crippen LogP contribution is -2.29. The van der Waals surface area contributed by atoms with Gasteiger partial charge in [-0.3, -0.25) is 19.5 Å². The van der Waals surface area contributed by atoms with E-state index < -0.39 is 17.7 Å². The van der Waals surface area contributed by atoms with Crippen LogP contribution in [0.4, 0.5) is 5.13 Å². The molecule has 12 heteroatoms. The summed E-state index contributed by atoms with van der Waals surface area (Å²) in [6, 6.07) is 24.5. The first-order chi connectivity index (χ1) is 21.9. The second-order valence-corrected chi connectivity index (χ2v) is 12.4. The summed E-state index contributed by atoms with van der Waals surface area (Å²) in [5.41, 5.74) is 2.67. The number of aromatic nitrogens is 3. The Morgan fingerprint density at radius 1 is 0.978 bits per heavy atom. The summed E-state index contributed by atoms with van der Waals surface area (Å²) in [7, 11) is 1.51. The molecule has 3 heterocycles. The SMILES string of the molecule is COc1cc(C2C(=C(O)c3ccncc3)C(=O)C(=O)N2c2nnc(SCc3ccccc3Cl)s2)ccc1OCc1ccccc1. The van der Waals surface area contributed by atoms with Gasteiger partial charge < -0.3 is 14.6 Å². The van der Waals surface area contributed by atoms with Crippen LogP contribution in [0, 0.1) is 0 Å². The number of ether oxygens (including phenoxy) is 2. The number of aliphatic hydroxyl groups is 1. The monoisotopic (exact) mass is 656 g/mol. The van der Waals surface area contributed by atoms with Crippen molar-refractivity contribution in [2.45, 2.75) is 22.7 Å². The van der Waals surface area contributed by atoms with E-state index in [4.69, 9.17) is 21.1 Å². The third-order valence-electron chi connectivity index (χ3n) is 7.05. The third-order valence-corrected chi connectivity index (χ3v) is 9.52. The van der Waals surface area contributed by atoms with E-state index in [1.807, 2.05) is 54.6 Å². The second-order valence-electron chi connectivity index (χ2n) is 9.82. The predicted molar refractivity (Wildman–Crippen MR) is 174 cm³/mol. The van der Waals surface area contributed by atoms with Crippen LogP contribution >= 0.6 is 34.7 Å². The molecule has 9 nitrogen and oxygen atoms in total. The molecule has 45 heavy (non-hydrogen) atoms. The molecule has 0 spiro atoms. The minimum Gasteiger partial charge on any atom is -0.507 e. The van der Waals surface area contributed by atoms with E-state index in [2.05, 4.69) is 15.2 Å². The number of pyridine rings is 1. The van der Waals surface area contributed by atoms with Gasteiger partial charge >= 0.3 is 5.91 Å². The topological polar surface area (TPSA) is 115 Å². The summed E-state index contributed by atoms with van der Waals surface area (Å²) in [6.45, 7) is 0.316. The minimum atomic E-state index is -1.02. The quantitative estimate of drug-likeness (QED) is 0.0553. The molecule has 1 aliphatic heterocycles. The molecule has 6 rings (SSSR count). The van der Waals surface area contributed by atoms with Crippen molar-refractivity contribution in [2.24, 2.45) is 0 Å². The number of Topliss-reactive ketones (excluding diaryl/α,β-unsaturated/α-hetero) is 1. The maximum Gasteiger partial charge on any atom is 0.301 e. The van der Waals surface area contributed by atoms with Gasteiger partial charge in [0, 0.05) is 28.7 Å². The Morgan fingerprint density at radius 3 is 2.49 bits per heavy atom. The average molecular weight is 657 g/mol. The zero-order valence-electron chi connectivity index (χ0n) is 23.8. The number of rotatable bonds is 10. The lowest BCUT2D eigenvalue weighted by atomic mass is 9.95. The van der Waals surface area contributed by atoms with E-state index in [0.29, 0.717) is 44.3 Å². The van der Waals surface area contributed by atoms with Crippen LogP contribution in [0.1, 0.15) is 28.3 Å². The number of carbonyl (C=O) groups is 2. The number of anilines is 1. The van der Waals surface area contributed by atoms with Crippen LogP contribution in [0.5, 0.6) is 11.5 Å². The zero-order chi connectivity index (χ0) is 31.3. The molecular formula is C33H25ClN4O5S2. The molecule has 3 aromatic carbocycles. The van der Waals surface area contributed by atoms with Crippen LogP contribution in [-0.2, 0) is 21.9 Å². The fraction of sp³-hybridized carbons (Fsp3) is 0.121. The van der Waals surface area contributed by atoms with E-state index in [1.54, 1.807) is 30.3 Å². The summed E-state index contributed by atoms with van der Waals surface area (Å²) in [5, 5.41) is 20.8. The number of nitrogens with zero attached hydrogens (tertiary/aromatic N) is 4. The van der Waals surface area contributed by atoms with Gasteiger partial charge in [-0.25, -0.2) is 0 Å². The first kappa shape index (κ1) is 30.3. The van der Waals surface area contributed by atoms with Crippen LogP contribution in [0.25, 0.3) is 5.76 Å². The van der Waals surface area contributed by atoms with Crippen LogP contribution in [0.2, 0.25) is 5.02 Å². The van der Waals surface area contributed by atoms with Crippen molar-refractivity contribution in [2.75, 3.05) is 12.0 Å². The van der Waals surface area contributed by atoms with E-state index >= 15 is 0 Å². The minimum absolute atomic E-state index is 0.0910. The van der Waals surface area contributed by atoms with E-state index in [0.717, 1.165) is 11.1 Å². The number of thioether (sulfide) groups is 1. The first-order valence-electron chi connectivity index (χ1n) is 13.7. The van der Waals surface area contributed by atoms with Crippen LogP contribution in [0.3, 0.4) is 0 Å². The van der Waals surface area contributed by atoms with Gasteiger partial charge in [0.05, 0.1) is 18.7 Å². The van der Waals surface area contributed by atoms with Gasteiger partial charge in [-0.1, -0.05) is 89.3 Å². The highest BCUT2D eigenvalue weighted by Crippen LogP contribution is 2.45. The number of methoxy groups -OCH3 is 1. The van der Waals surface area contributed by atoms with Crippen molar-refractivity contribution in [1.29, 1.82) is 0 Å². The van der Waals surface area contributed by atoms with Crippen LogP contribution in [0.15, 0.2) is 107 Å². The van der Waals surface area contributed by atoms with Crippen LogP contribution in [-0.4, -0.2) is 39.1 Å². The highest BCUT2D eigenvalue weighted by atomic mass is 35.5. The number of hydrogen-bond acceptors (Lipinski definition) is 10. The van der Waals surface area contributed by atoms with Gasteiger partial charge in [0.15, 0.2) is 15.8 Å². The number of halogens is 1. The van der Waals surface area contributed by atoms with E-state index in [9.17, 15) is 14.7 Å². The Balaban J connectivity index is 1.37. The highest BCUT2D eigenvalue weighted by molar-refractivity contribution is 8.00. The highest BCUT2D eigenvalue weighted by Gasteiger charge is 2.48. The molecule has 0 saturated carbocycles. The van der Waals surface area contributed by atoms with Crippen LogP contribution < -0.4 is 14.4 Å². The standard InChI is InChI=1S/C33H25ClN4O5S2/c1-42-26-17-22(11-12-25(26)43-18-20-7-3-2-4-8-20)28-27(29(39)21-13-15-35-16-14-21)30(40)31(41)38(28)32-36-37-33(45-32)44-19-23-9-5-6-10-24(23)34/h2-17,28,39H,18-19H2,1H3. The normalized spacial score (nSPS) is 15.8. The number of aliphatic hydroxyl groups excluding tert-OH is 1. The molecule has 0 aliphatic carbocycles. The largest absolute Gasteiger partial charge is 0.507 e. The molecule has 1 unspecified atom stereocenters. The lowest BCUT2D eigenvalue weighted by molar-refractivity contribution is -0.132. The number of carbonyl (C=O) groups excluding carboxylic acids is 2. The van der Waals surface area contributed by atoms with Gasteiger partial charge in [-0.2, -0.15) is 0 Å². The van der Waals surface area contributed by atoms with E-state index in [1.165, 1.54) is 47.5 Å². The Labute approximate surface area is 272 Å². The van der Waals surface area contributed by atoms with Crippen molar-refractivity contribution in [1.82, 2.24) is 15.2 Å². The predicted octanol–water partition coefficient (Wildman–Crippen LogP) is 7.09. The number of ketones is 1. The molecule has 1 aliphatic rings. The molecule has 1 fully saturated rings. The Bertz CT molecular complexity index is 1880. The molecule has 0 radical (unpaired) electrons. The smallest absolute Gasteiger partial charge is 0.301 e. The average Bonchev–Trinajstić information content (AvgIpc) is 3.65. The number of amides is 1. The Hall–Kier alpha value is -4.71. The summed E-state index contributed by atoms with van der Waals surface area (Å²) >= 11 is 8.90. The number of hydrogen-bond donors (Lipinski definition) is 1. The summed E-state index contributed by atoms with van der Waals surface area (Å²) in [4.78, 5) is 32.5. The number of benzene rings is 3. The molecule has 1 saturated heterocycles. The van der Waals surface area contributed by atoms with Gasteiger partial charge in [-0.15, -0.1) is 10.2 Å². The maximum atomic E-state index is 13.6. The Morgan fingerprint density at radius 2 is 1.73 bits per heavy atom. The molecule has 1 atom stereocenters. The summed E-state index contributed by atoms with van der Waals surface area (Å²) in [6.07, 6.45) is 2.99. The van der Waals surface area contributed by atoms with E-state index in [-0.39, 0.29) is 16.5 Å². The molecular weight excluding hydrogens is 632 g/mol. The molecule has 1 amide bonds. The zero-order valence-corrected chi connectivity index (χ0v) is 26.2. The molecule has 5 aromatic rings. The van der Waals surface area contributed by atoms with Crippen molar-refractivity contribution >= 4 is 57.3 Å². The molecule has 0 bridgehead atoms. The molecule has 2 aromatic heterocycles. The lowest BCUT2D eigenvalue weighted by Gasteiger charge is -2.23. The fourth-order valence-corrected chi connectivity index (χ4v) is 6.99. The van der Waals surface area contributed by atoms with Crippen molar-refractivity contribution in [3.8, 4) is 11.5 Å². The summed E-state index contributed by atoms with van der Waals surface area (Å²) in [5.74, 6) is -0.600. The maximum absolute atomic E-state index is 13.6. The van der Waals surface area contributed by atoms with Crippen molar-refractivity contribution < 1.29 is 24.2 Å². The second kappa shape index (κ2) is 13.5. The van der Waals surface area contributed by atoms with Gasteiger partial charge in [0.25, 0.3) is 5.78 Å². The first-order valence-corrected chi connectivity index (χ1v) is 15.9. The van der Waals surface area contributed by atoms with Crippen molar-refractivity contribution in [3.05, 3.63) is 130 Å². The van der Waals surface area contributed by atoms with Gasteiger partial charge in [0.2, 0.25) is 5.13 Å². The summed E-state index contributed by atoms with van der Waals surface area (Å²) < 4.78 is 12.3. The van der Waals surface area contributed by atoms with Gasteiger partial charge in [0.1, 0.15) is 12.4 Å². The fourth-order valence-electron chi connectivity index (χ4n) is 4.83. The molecule has 226 valence electrons. The Kier molecular flexibility index (Phi) is 9.11. The third kappa shape index (κ3) is 6.41. The van der Waals surface area contributed by atoms with Crippen molar-refractivity contribution in [3.63, 3.8) is 0 Å². The van der Waals surface area contributed by atoms with Gasteiger partial charge in [-0.05, 0) is 47.0 Å².